The van der Waals surface area contributed by atoms with Crippen molar-refractivity contribution < 1.29 is 0 Å². The Morgan fingerprint density at radius 2 is 1.66 bits per heavy atom. The number of imidazole rings is 1. The van der Waals surface area contributed by atoms with Gasteiger partial charge in [0.1, 0.15) is 5.82 Å². The van der Waals surface area contributed by atoms with Crippen LogP contribution in [0.3, 0.4) is 0 Å². The number of H-pyrrole nitrogens is 1. The molecule has 0 amide bonds. The SMILES string of the molecule is CN(CCN1CCCCC1)c1ccc(-c2nc3cc4ccccc4cc3[nH]2)cc1. The predicted molar refractivity (Wildman–Crippen MR) is 123 cm³/mol. The summed E-state index contributed by atoms with van der Waals surface area (Å²) in [4.78, 5) is 13.3. The molecule has 148 valence electrons. The number of hydrogen-bond acceptors (Lipinski definition) is 3. The molecule has 1 saturated heterocycles. The largest absolute Gasteiger partial charge is 0.373 e. The number of aromatic nitrogens is 2. The third-order valence-corrected chi connectivity index (χ3v) is 6.13. The van der Waals surface area contributed by atoms with Crippen LogP contribution in [0, 0.1) is 0 Å². The molecule has 1 aromatic heterocycles. The third-order valence-electron chi connectivity index (χ3n) is 6.13. The van der Waals surface area contributed by atoms with Gasteiger partial charge in [0.25, 0.3) is 0 Å². The lowest BCUT2D eigenvalue weighted by Crippen LogP contribution is -2.36. The Kier molecular flexibility index (Phi) is 4.94. The maximum absolute atomic E-state index is 4.83. The summed E-state index contributed by atoms with van der Waals surface area (Å²) in [7, 11) is 2.19. The highest BCUT2D eigenvalue weighted by Crippen LogP contribution is 2.26. The van der Waals surface area contributed by atoms with Gasteiger partial charge in [-0.15, -0.1) is 0 Å². The van der Waals surface area contributed by atoms with Crippen LogP contribution in [-0.2, 0) is 0 Å². The number of benzene rings is 3. The molecule has 1 fully saturated rings. The Morgan fingerprint density at radius 1 is 0.931 bits per heavy atom. The van der Waals surface area contributed by atoms with E-state index < -0.39 is 0 Å². The van der Waals surface area contributed by atoms with Crippen molar-refractivity contribution in [3.8, 4) is 11.4 Å². The van der Waals surface area contributed by atoms with Crippen molar-refractivity contribution in [2.75, 3.05) is 38.1 Å². The molecular formula is C25H28N4. The maximum Gasteiger partial charge on any atom is 0.138 e. The minimum atomic E-state index is 0.929. The Hall–Kier alpha value is -2.85. The third kappa shape index (κ3) is 3.85. The monoisotopic (exact) mass is 384 g/mol. The number of likely N-dealkylation sites (N-methyl/N-ethyl adjacent to an activating group) is 1. The van der Waals surface area contributed by atoms with Crippen LogP contribution in [0.15, 0.2) is 60.7 Å². The topological polar surface area (TPSA) is 35.2 Å². The molecule has 5 rings (SSSR count). The number of fused-ring (bicyclic) bond motifs is 2. The molecule has 4 aromatic rings. The van der Waals surface area contributed by atoms with E-state index in [1.54, 1.807) is 0 Å². The van der Waals surface area contributed by atoms with E-state index in [2.05, 4.69) is 82.5 Å². The van der Waals surface area contributed by atoms with Crippen molar-refractivity contribution in [3.05, 3.63) is 60.7 Å². The second kappa shape index (κ2) is 7.88. The first-order chi connectivity index (χ1) is 14.3. The molecule has 0 aliphatic carbocycles. The molecule has 3 aromatic carbocycles. The van der Waals surface area contributed by atoms with Crippen LogP contribution in [0.25, 0.3) is 33.2 Å². The van der Waals surface area contributed by atoms with E-state index in [0.29, 0.717) is 0 Å². The van der Waals surface area contributed by atoms with Gasteiger partial charge in [0, 0.05) is 31.4 Å². The number of likely N-dealkylation sites (tertiary alicyclic amines) is 1. The van der Waals surface area contributed by atoms with E-state index in [4.69, 9.17) is 4.98 Å². The van der Waals surface area contributed by atoms with E-state index >= 15 is 0 Å². The number of nitrogens with one attached hydrogen (secondary N) is 1. The molecule has 29 heavy (non-hydrogen) atoms. The molecule has 1 N–H and O–H groups in total. The predicted octanol–water partition coefficient (Wildman–Crippen LogP) is 5.31. The number of hydrogen-bond donors (Lipinski definition) is 1. The number of aromatic amines is 1. The summed E-state index contributed by atoms with van der Waals surface area (Å²) in [6, 6.07) is 21.5. The van der Waals surface area contributed by atoms with Crippen LogP contribution in [0.1, 0.15) is 19.3 Å². The molecule has 0 spiro atoms. The molecular weight excluding hydrogens is 356 g/mol. The van der Waals surface area contributed by atoms with Crippen LogP contribution in [0.4, 0.5) is 5.69 Å². The van der Waals surface area contributed by atoms with Crippen molar-refractivity contribution in [1.82, 2.24) is 14.9 Å². The van der Waals surface area contributed by atoms with Crippen molar-refractivity contribution in [2.45, 2.75) is 19.3 Å². The van der Waals surface area contributed by atoms with E-state index in [0.717, 1.165) is 35.5 Å². The Labute approximate surface area is 172 Å². The molecule has 0 unspecified atom stereocenters. The summed E-state index contributed by atoms with van der Waals surface area (Å²) >= 11 is 0. The number of anilines is 1. The first-order valence-corrected chi connectivity index (χ1v) is 10.7. The molecule has 4 heteroatoms. The molecule has 1 aliphatic heterocycles. The zero-order valence-electron chi connectivity index (χ0n) is 17.1. The lowest BCUT2D eigenvalue weighted by molar-refractivity contribution is 0.234. The van der Waals surface area contributed by atoms with Gasteiger partial charge in [-0.2, -0.15) is 0 Å². The Bertz CT molecular complexity index is 1050. The number of piperidine rings is 1. The Balaban J connectivity index is 1.32. The molecule has 2 heterocycles. The first kappa shape index (κ1) is 18.2. The first-order valence-electron chi connectivity index (χ1n) is 10.7. The zero-order chi connectivity index (χ0) is 19.6. The molecule has 0 atom stereocenters. The quantitative estimate of drug-likeness (QED) is 0.507. The van der Waals surface area contributed by atoms with E-state index in [1.807, 2.05) is 0 Å². The van der Waals surface area contributed by atoms with Crippen LogP contribution in [0.2, 0.25) is 0 Å². The fraction of sp³-hybridized carbons (Fsp3) is 0.320. The molecule has 0 radical (unpaired) electrons. The minimum absolute atomic E-state index is 0.929. The standard InChI is InChI=1S/C25H28N4/c1-28(15-16-29-13-5-2-6-14-29)22-11-9-19(10-12-22)25-26-23-17-20-7-3-4-8-21(20)18-24(23)27-25/h3-4,7-12,17-18H,2,5-6,13-16H2,1H3,(H,26,27). The second-order valence-electron chi connectivity index (χ2n) is 8.17. The van der Waals surface area contributed by atoms with Crippen LogP contribution in [0.5, 0.6) is 0 Å². The minimum Gasteiger partial charge on any atom is -0.373 e. The van der Waals surface area contributed by atoms with Crippen LogP contribution < -0.4 is 4.90 Å². The van der Waals surface area contributed by atoms with Crippen LogP contribution in [-0.4, -0.2) is 48.1 Å². The normalized spacial score (nSPS) is 15.2. The average molecular weight is 385 g/mol. The molecule has 4 nitrogen and oxygen atoms in total. The van der Waals surface area contributed by atoms with Gasteiger partial charge < -0.3 is 14.8 Å². The fourth-order valence-electron chi connectivity index (χ4n) is 4.31. The van der Waals surface area contributed by atoms with E-state index in [1.165, 1.54) is 48.8 Å². The van der Waals surface area contributed by atoms with Gasteiger partial charge in [0.15, 0.2) is 0 Å². The summed E-state index contributed by atoms with van der Waals surface area (Å²) in [5.41, 5.74) is 4.48. The van der Waals surface area contributed by atoms with Crippen molar-refractivity contribution in [1.29, 1.82) is 0 Å². The Morgan fingerprint density at radius 3 is 2.41 bits per heavy atom. The second-order valence-corrected chi connectivity index (χ2v) is 8.17. The highest BCUT2D eigenvalue weighted by Gasteiger charge is 2.11. The lowest BCUT2D eigenvalue weighted by atomic mass is 10.1. The van der Waals surface area contributed by atoms with Gasteiger partial charge in [-0.1, -0.05) is 30.7 Å². The van der Waals surface area contributed by atoms with Gasteiger partial charge in [-0.3, -0.25) is 0 Å². The fourth-order valence-corrected chi connectivity index (χ4v) is 4.31. The summed E-state index contributed by atoms with van der Waals surface area (Å²) in [5.74, 6) is 0.929. The zero-order valence-corrected chi connectivity index (χ0v) is 17.1. The van der Waals surface area contributed by atoms with Crippen LogP contribution >= 0.6 is 0 Å². The van der Waals surface area contributed by atoms with E-state index in [-0.39, 0.29) is 0 Å². The van der Waals surface area contributed by atoms with Crippen molar-refractivity contribution in [3.63, 3.8) is 0 Å². The summed E-state index contributed by atoms with van der Waals surface area (Å²) in [6.07, 6.45) is 4.10. The van der Waals surface area contributed by atoms with Crippen molar-refractivity contribution >= 4 is 27.5 Å². The lowest BCUT2D eigenvalue weighted by Gasteiger charge is -2.29. The highest BCUT2D eigenvalue weighted by molar-refractivity contribution is 5.96. The average Bonchev–Trinajstić information content (AvgIpc) is 3.19. The summed E-state index contributed by atoms with van der Waals surface area (Å²) < 4.78 is 0. The molecule has 0 saturated carbocycles. The number of nitrogens with zero attached hydrogens (tertiary/aromatic N) is 3. The van der Waals surface area contributed by atoms with Gasteiger partial charge in [0.2, 0.25) is 0 Å². The van der Waals surface area contributed by atoms with Gasteiger partial charge in [-0.25, -0.2) is 4.98 Å². The van der Waals surface area contributed by atoms with E-state index in [9.17, 15) is 0 Å². The van der Waals surface area contributed by atoms with Gasteiger partial charge in [-0.05, 0) is 73.1 Å². The number of rotatable bonds is 5. The summed E-state index contributed by atoms with van der Waals surface area (Å²) in [6.45, 7) is 4.73. The van der Waals surface area contributed by atoms with Gasteiger partial charge in [0.05, 0.1) is 11.0 Å². The maximum atomic E-state index is 4.83. The van der Waals surface area contributed by atoms with Crippen molar-refractivity contribution in [2.24, 2.45) is 0 Å². The summed E-state index contributed by atoms with van der Waals surface area (Å²) in [5, 5.41) is 2.46. The highest BCUT2D eigenvalue weighted by atomic mass is 15.2. The molecule has 0 bridgehead atoms. The smallest absolute Gasteiger partial charge is 0.138 e. The molecule has 1 aliphatic rings. The van der Waals surface area contributed by atoms with Gasteiger partial charge >= 0.3 is 0 Å².